The molecule has 0 unspecified atom stereocenters. The Morgan fingerprint density at radius 3 is 2.60 bits per heavy atom. The quantitative estimate of drug-likeness (QED) is 0.866. The van der Waals surface area contributed by atoms with Gasteiger partial charge in [-0.3, -0.25) is 9.59 Å². The molecule has 1 saturated heterocycles. The zero-order valence-corrected chi connectivity index (χ0v) is 13.7. The van der Waals surface area contributed by atoms with E-state index >= 15 is 0 Å². The van der Waals surface area contributed by atoms with Gasteiger partial charge in [0.1, 0.15) is 17.6 Å². The maximum atomic E-state index is 13.9. The number of nitrogens with one attached hydrogen (secondary N) is 1. The molecule has 1 N–H and O–H groups in total. The van der Waals surface area contributed by atoms with Crippen molar-refractivity contribution in [1.29, 1.82) is 0 Å². The number of hydrogen-bond donors (Lipinski definition) is 1. The Morgan fingerprint density at radius 2 is 1.92 bits per heavy atom. The third-order valence-corrected chi connectivity index (χ3v) is 4.38. The molecule has 2 aromatic carbocycles. The van der Waals surface area contributed by atoms with Gasteiger partial charge in [0.15, 0.2) is 0 Å². The van der Waals surface area contributed by atoms with Gasteiger partial charge in [0, 0.05) is 12.6 Å². The lowest BCUT2D eigenvalue weighted by molar-refractivity contribution is -0.132. The van der Waals surface area contributed by atoms with Crippen LogP contribution < -0.4 is 10.2 Å². The van der Waals surface area contributed by atoms with E-state index < -0.39 is 23.5 Å². The highest BCUT2D eigenvalue weighted by Crippen LogP contribution is 2.28. The molecule has 0 aromatic heterocycles. The predicted molar refractivity (Wildman–Crippen MR) is 89.8 cm³/mol. The molecular formula is C19H18F2N2O2. The first-order chi connectivity index (χ1) is 12.0. The van der Waals surface area contributed by atoms with E-state index in [4.69, 9.17) is 0 Å². The average Bonchev–Trinajstić information content (AvgIpc) is 2.97. The number of carbonyl (C=O) groups is 2. The molecule has 0 radical (unpaired) electrons. The number of amides is 2. The Kier molecular flexibility index (Phi) is 4.79. The standard InChI is InChI=1S/C19H18F2N2O2/c1-12(13-5-3-2-4-6-13)22-18(24)15-9-10-23(19(15)25)17-8-7-14(20)11-16(17)21/h2-8,11-12,15H,9-10H2,1H3,(H,22,24)/t12-,15+/m1/s1. The summed E-state index contributed by atoms with van der Waals surface area (Å²) in [6, 6.07) is 12.2. The summed E-state index contributed by atoms with van der Waals surface area (Å²) in [6.45, 7) is 2.06. The summed E-state index contributed by atoms with van der Waals surface area (Å²) >= 11 is 0. The van der Waals surface area contributed by atoms with Crippen LogP contribution >= 0.6 is 0 Å². The Bertz CT molecular complexity index is 795. The lowest BCUT2D eigenvalue weighted by Gasteiger charge is -2.19. The number of anilines is 1. The summed E-state index contributed by atoms with van der Waals surface area (Å²) in [5, 5.41) is 2.82. The van der Waals surface area contributed by atoms with E-state index in [0.717, 1.165) is 17.7 Å². The van der Waals surface area contributed by atoms with Crippen molar-refractivity contribution in [2.24, 2.45) is 5.92 Å². The maximum absolute atomic E-state index is 13.9. The summed E-state index contributed by atoms with van der Waals surface area (Å²) in [6.07, 6.45) is 0.295. The number of halogens is 2. The van der Waals surface area contributed by atoms with Crippen molar-refractivity contribution in [3.63, 3.8) is 0 Å². The Labute approximate surface area is 144 Å². The second kappa shape index (κ2) is 7.01. The molecule has 1 aliphatic rings. The van der Waals surface area contributed by atoms with Crippen molar-refractivity contribution in [3.05, 3.63) is 65.7 Å². The molecular weight excluding hydrogens is 326 g/mol. The molecule has 0 bridgehead atoms. The van der Waals surface area contributed by atoms with E-state index in [9.17, 15) is 18.4 Å². The van der Waals surface area contributed by atoms with Gasteiger partial charge in [-0.15, -0.1) is 0 Å². The highest BCUT2D eigenvalue weighted by Gasteiger charge is 2.38. The first-order valence-corrected chi connectivity index (χ1v) is 8.09. The van der Waals surface area contributed by atoms with E-state index in [1.807, 2.05) is 37.3 Å². The number of hydrogen-bond acceptors (Lipinski definition) is 2. The minimum absolute atomic E-state index is 0.00203. The summed E-state index contributed by atoms with van der Waals surface area (Å²) in [4.78, 5) is 26.2. The van der Waals surface area contributed by atoms with E-state index in [1.54, 1.807) is 0 Å². The maximum Gasteiger partial charge on any atom is 0.239 e. The van der Waals surface area contributed by atoms with Crippen molar-refractivity contribution < 1.29 is 18.4 Å². The first kappa shape index (κ1) is 17.1. The van der Waals surface area contributed by atoms with Crippen molar-refractivity contribution in [2.45, 2.75) is 19.4 Å². The molecule has 0 spiro atoms. The normalized spacial score (nSPS) is 18.3. The zero-order chi connectivity index (χ0) is 18.0. The van der Waals surface area contributed by atoms with Crippen molar-refractivity contribution >= 4 is 17.5 Å². The lowest BCUT2D eigenvalue weighted by atomic mass is 10.0. The van der Waals surface area contributed by atoms with Crippen molar-refractivity contribution in [1.82, 2.24) is 5.32 Å². The molecule has 2 amide bonds. The average molecular weight is 344 g/mol. The van der Waals surface area contributed by atoms with Crippen LogP contribution in [0.4, 0.5) is 14.5 Å². The Morgan fingerprint density at radius 1 is 1.20 bits per heavy atom. The highest BCUT2D eigenvalue weighted by atomic mass is 19.1. The second-order valence-corrected chi connectivity index (χ2v) is 6.07. The number of benzene rings is 2. The highest BCUT2D eigenvalue weighted by molar-refractivity contribution is 6.09. The molecule has 1 fully saturated rings. The van der Waals surface area contributed by atoms with Crippen molar-refractivity contribution in [2.75, 3.05) is 11.4 Å². The molecule has 130 valence electrons. The van der Waals surface area contributed by atoms with Gasteiger partial charge in [0.2, 0.25) is 11.8 Å². The topological polar surface area (TPSA) is 49.4 Å². The smallest absolute Gasteiger partial charge is 0.239 e. The molecule has 6 heteroatoms. The first-order valence-electron chi connectivity index (χ1n) is 8.09. The predicted octanol–water partition coefficient (Wildman–Crippen LogP) is 3.20. The molecule has 3 rings (SSSR count). The van der Waals surface area contributed by atoms with Crippen LogP contribution in [0.5, 0.6) is 0 Å². The van der Waals surface area contributed by atoms with Crippen LogP contribution in [0, 0.1) is 17.6 Å². The second-order valence-electron chi connectivity index (χ2n) is 6.07. The SMILES string of the molecule is C[C@@H](NC(=O)[C@@H]1CCN(c2ccc(F)cc2F)C1=O)c1ccccc1. The third-order valence-electron chi connectivity index (χ3n) is 4.38. The van der Waals surface area contributed by atoms with E-state index in [-0.39, 0.29) is 24.2 Å². The largest absolute Gasteiger partial charge is 0.349 e. The summed E-state index contributed by atoms with van der Waals surface area (Å²) in [5.41, 5.74) is 0.931. The van der Waals surface area contributed by atoms with Crippen LogP contribution in [0.15, 0.2) is 48.5 Å². The molecule has 1 aliphatic heterocycles. The van der Waals surface area contributed by atoms with Crippen LogP contribution in [-0.4, -0.2) is 18.4 Å². The minimum Gasteiger partial charge on any atom is -0.349 e. The van der Waals surface area contributed by atoms with Gasteiger partial charge in [0.25, 0.3) is 0 Å². The number of carbonyl (C=O) groups excluding carboxylic acids is 2. The van der Waals surface area contributed by atoms with Gasteiger partial charge in [-0.2, -0.15) is 0 Å². The van der Waals surface area contributed by atoms with Crippen LogP contribution in [0.2, 0.25) is 0 Å². The van der Waals surface area contributed by atoms with Crippen LogP contribution in [0.1, 0.15) is 24.9 Å². The van der Waals surface area contributed by atoms with Gasteiger partial charge < -0.3 is 10.2 Å². The molecule has 0 saturated carbocycles. The molecule has 1 heterocycles. The van der Waals surface area contributed by atoms with Crippen molar-refractivity contribution in [3.8, 4) is 0 Å². The monoisotopic (exact) mass is 344 g/mol. The zero-order valence-electron chi connectivity index (χ0n) is 13.7. The fourth-order valence-electron chi connectivity index (χ4n) is 3.00. The number of rotatable bonds is 4. The van der Waals surface area contributed by atoms with E-state index in [1.165, 1.54) is 11.0 Å². The molecule has 25 heavy (non-hydrogen) atoms. The molecule has 2 aromatic rings. The van der Waals surface area contributed by atoms with Gasteiger partial charge in [0.05, 0.1) is 11.7 Å². The van der Waals surface area contributed by atoms with Crippen LogP contribution in [0.25, 0.3) is 0 Å². The third kappa shape index (κ3) is 3.52. The Balaban J connectivity index is 1.70. The summed E-state index contributed by atoms with van der Waals surface area (Å²) in [7, 11) is 0. The lowest BCUT2D eigenvalue weighted by Crippen LogP contribution is -2.38. The van der Waals surface area contributed by atoms with Crippen LogP contribution in [-0.2, 0) is 9.59 Å². The molecule has 2 atom stereocenters. The van der Waals surface area contributed by atoms with Gasteiger partial charge in [-0.25, -0.2) is 8.78 Å². The molecule has 0 aliphatic carbocycles. The van der Waals surface area contributed by atoms with Gasteiger partial charge in [-0.1, -0.05) is 30.3 Å². The summed E-state index contributed by atoms with van der Waals surface area (Å²) < 4.78 is 26.9. The fraction of sp³-hybridized carbons (Fsp3) is 0.263. The van der Waals surface area contributed by atoms with Crippen LogP contribution in [0.3, 0.4) is 0 Å². The fourth-order valence-corrected chi connectivity index (χ4v) is 3.00. The minimum atomic E-state index is -0.865. The Hall–Kier alpha value is -2.76. The number of nitrogens with zero attached hydrogens (tertiary/aromatic N) is 1. The summed E-state index contributed by atoms with van der Waals surface area (Å²) in [5.74, 6) is -3.24. The van der Waals surface area contributed by atoms with E-state index in [2.05, 4.69) is 5.32 Å². The van der Waals surface area contributed by atoms with Gasteiger partial charge in [-0.05, 0) is 31.0 Å². The van der Waals surface area contributed by atoms with Gasteiger partial charge >= 0.3 is 0 Å². The molecule has 4 nitrogen and oxygen atoms in total. The van der Waals surface area contributed by atoms with E-state index in [0.29, 0.717) is 6.42 Å².